The van der Waals surface area contributed by atoms with Gasteiger partial charge in [-0.05, 0) is 36.8 Å². The molecule has 7 nitrogen and oxygen atoms in total. The molecule has 2 aromatic carbocycles. The molecule has 1 aromatic heterocycles. The standard InChI is InChI=1S/C20H18ClN3O4/c1-2-26-18(25)9-17-23-13-5-4-12(21)20(22)19(13)14(24-17)7-11-3-6-15-16(8-11)28-10-27-15/h3-6,8H,2,7,9-10,22H2,1H3. The van der Waals surface area contributed by atoms with Gasteiger partial charge in [-0.15, -0.1) is 0 Å². The van der Waals surface area contributed by atoms with Crippen LogP contribution in [0.2, 0.25) is 5.02 Å². The van der Waals surface area contributed by atoms with Crippen molar-refractivity contribution in [2.24, 2.45) is 0 Å². The molecule has 0 saturated carbocycles. The molecule has 0 saturated heterocycles. The third kappa shape index (κ3) is 3.53. The number of nitrogens with two attached hydrogens (primary N) is 1. The molecule has 3 aromatic rings. The summed E-state index contributed by atoms with van der Waals surface area (Å²) < 4.78 is 15.8. The van der Waals surface area contributed by atoms with Gasteiger partial charge in [0.25, 0.3) is 0 Å². The average Bonchev–Trinajstić information content (AvgIpc) is 3.12. The van der Waals surface area contributed by atoms with Crippen LogP contribution in [0.4, 0.5) is 5.69 Å². The van der Waals surface area contributed by atoms with Gasteiger partial charge in [-0.3, -0.25) is 4.79 Å². The van der Waals surface area contributed by atoms with Crippen LogP contribution in [0.1, 0.15) is 24.0 Å². The fraction of sp³-hybridized carbons (Fsp3) is 0.250. The highest BCUT2D eigenvalue weighted by Crippen LogP contribution is 2.35. The van der Waals surface area contributed by atoms with Crippen LogP contribution in [-0.4, -0.2) is 29.3 Å². The summed E-state index contributed by atoms with van der Waals surface area (Å²) in [6, 6.07) is 9.16. The number of ether oxygens (including phenoxy) is 3. The fourth-order valence-corrected chi connectivity index (χ4v) is 3.30. The number of nitrogens with zero attached hydrogens (tertiary/aromatic N) is 2. The predicted octanol–water partition coefficient (Wildman–Crippen LogP) is 3.29. The van der Waals surface area contributed by atoms with Crippen LogP contribution in [0.25, 0.3) is 10.9 Å². The van der Waals surface area contributed by atoms with E-state index in [0.717, 1.165) is 5.56 Å². The van der Waals surface area contributed by atoms with E-state index in [2.05, 4.69) is 9.97 Å². The molecule has 1 aliphatic heterocycles. The Bertz CT molecular complexity index is 1070. The maximum Gasteiger partial charge on any atom is 0.313 e. The zero-order chi connectivity index (χ0) is 19.7. The van der Waals surface area contributed by atoms with E-state index in [-0.39, 0.29) is 19.2 Å². The van der Waals surface area contributed by atoms with Crippen molar-refractivity contribution in [2.45, 2.75) is 19.8 Å². The van der Waals surface area contributed by atoms with Gasteiger partial charge in [0.15, 0.2) is 11.5 Å². The molecule has 1 aliphatic rings. The first-order valence-electron chi connectivity index (χ1n) is 8.82. The minimum Gasteiger partial charge on any atom is -0.466 e. The lowest BCUT2D eigenvalue weighted by Gasteiger charge is -2.12. The summed E-state index contributed by atoms with van der Waals surface area (Å²) in [5.41, 5.74) is 8.91. The van der Waals surface area contributed by atoms with Gasteiger partial charge < -0.3 is 19.9 Å². The van der Waals surface area contributed by atoms with Gasteiger partial charge in [-0.2, -0.15) is 0 Å². The van der Waals surface area contributed by atoms with Crippen molar-refractivity contribution < 1.29 is 19.0 Å². The van der Waals surface area contributed by atoms with Crippen LogP contribution < -0.4 is 15.2 Å². The number of aromatic nitrogens is 2. The molecule has 4 rings (SSSR count). The number of halogens is 1. The normalized spacial score (nSPS) is 12.4. The molecule has 2 N–H and O–H groups in total. The predicted molar refractivity (Wildman–Crippen MR) is 105 cm³/mol. The summed E-state index contributed by atoms with van der Waals surface area (Å²) in [4.78, 5) is 20.9. The Morgan fingerprint density at radius 1 is 1.21 bits per heavy atom. The summed E-state index contributed by atoms with van der Waals surface area (Å²) in [5.74, 6) is 1.40. The lowest BCUT2D eigenvalue weighted by atomic mass is 10.0. The van der Waals surface area contributed by atoms with E-state index in [4.69, 9.17) is 31.5 Å². The number of hydrogen-bond donors (Lipinski definition) is 1. The quantitative estimate of drug-likeness (QED) is 0.519. The second-order valence-corrected chi connectivity index (χ2v) is 6.70. The van der Waals surface area contributed by atoms with Gasteiger partial charge in [-0.1, -0.05) is 17.7 Å². The van der Waals surface area contributed by atoms with Gasteiger partial charge in [-0.25, -0.2) is 9.97 Å². The SMILES string of the molecule is CCOC(=O)Cc1nc(Cc2ccc3c(c2)OCO3)c2c(N)c(Cl)ccc2n1. The summed E-state index contributed by atoms with van der Waals surface area (Å²) in [6.45, 7) is 2.27. The second-order valence-electron chi connectivity index (χ2n) is 6.29. The Labute approximate surface area is 166 Å². The van der Waals surface area contributed by atoms with E-state index in [0.29, 0.717) is 57.7 Å². The maximum atomic E-state index is 11.9. The first-order chi connectivity index (χ1) is 13.5. The smallest absolute Gasteiger partial charge is 0.313 e. The molecule has 8 heteroatoms. The lowest BCUT2D eigenvalue weighted by Crippen LogP contribution is -2.12. The molecule has 0 atom stereocenters. The number of hydrogen-bond acceptors (Lipinski definition) is 7. The Hall–Kier alpha value is -3.06. The number of nitrogen functional groups attached to an aromatic ring is 1. The van der Waals surface area contributed by atoms with Gasteiger partial charge >= 0.3 is 5.97 Å². The molecule has 0 fully saturated rings. The lowest BCUT2D eigenvalue weighted by molar-refractivity contribution is -0.142. The molecular weight excluding hydrogens is 382 g/mol. The Morgan fingerprint density at radius 2 is 2.04 bits per heavy atom. The number of benzene rings is 2. The first kappa shape index (κ1) is 18.3. The van der Waals surface area contributed by atoms with Crippen molar-refractivity contribution >= 4 is 34.2 Å². The number of rotatable bonds is 5. The van der Waals surface area contributed by atoms with E-state index >= 15 is 0 Å². The fourth-order valence-electron chi connectivity index (χ4n) is 3.15. The number of carbonyl (C=O) groups is 1. The highest BCUT2D eigenvalue weighted by molar-refractivity contribution is 6.34. The molecule has 0 unspecified atom stereocenters. The zero-order valence-electron chi connectivity index (χ0n) is 15.2. The van der Waals surface area contributed by atoms with Crippen LogP contribution in [0.5, 0.6) is 11.5 Å². The second kappa shape index (κ2) is 7.52. The Balaban J connectivity index is 1.77. The van der Waals surface area contributed by atoms with Crippen LogP contribution in [-0.2, 0) is 22.4 Å². The van der Waals surface area contributed by atoms with Crippen molar-refractivity contribution in [3.05, 3.63) is 52.4 Å². The summed E-state index contributed by atoms with van der Waals surface area (Å²) in [6.07, 6.45) is 0.455. The van der Waals surface area contributed by atoms with Crippen molar-refractivity contribution in [1.82, 2.24) is 9.97 Å². The number of carbonyl (C=O) groups excluding carboxylic acids is 1. The van der Waals surface area contributed by atoms with Crippen LogP contribution >= 0.6 is 11.6 Å². The van der Waals surface area contributed by atoms with E-state index in [9.17, 15) is 4.79 Å². The van der Waals surface area contributed by atoms with Gasteiger partial charge in [0, 0.05) is 11.8 Å². The molecule has 0 bridgehead atoms. The van der Waals surface area contributed by atoms with E-state index in [1.807, 2.05) is 18.2 Å². The van der Waals surface area contributed by atoms with Crippen molar-refractivity contribution in [1.29, 1.82) is 0 Å². The number of fused-ring (bicyclic) bond motifs is 2. The highest BCUT2D eigenvalue weighted by Gasteiger charge is 2.18. The number of esters is 1. The average molecular weight is 400 g/mol. The van der Waals surface area contributed by atoms with Gasteiger partial charge in [0.2, 0.25) is 6.79 Å². The summed E-state index contributed by atoms with van der Waals surface area (Å²) >= 11 is 6.21. The summed E-state index contributed by atoms with van der Waals surface area (Å²) in [5, 5.41) is 1.11. The number of anilines is 1. The van der Waals surface area contributed by atoms with Crippen LogP contribution in [0.15, 0.2) is 30.3 Å². The molecule has 0 amide bonds. The van der Waals surface area contributed by atoms with E-state index < -0.39 is 0 Å². The van der Waals surface area contributed by atoms with Crippen molar-refractivity contribution in [2.75, 3.05) is 19.1 Å². The monoisotopic (exact) mass is 399 g/mol. The minimum absolute atomic E-state index is 0.0134. The van der Waals surface area contributed by atoms with Crippen LogP contribution in [0.3, 0.4) is 0 Å². The third-order valence-corrected chi connectivity index (χ3v) is 4.72. The molecular formula is C20H18ClN3O4. The van der Waals surface area contributed by atoms with Crippen molar-refractivity contribution in [3.63, 3.8) is 0 Å². The molecule has 2 heterocycles. The maximum absolute atomic E-state index is 11.9. The molecule has 0 spiro atoms. The van der Waals surface area contributed by atoms with Gasteiger partial charge in [0.1, 0.15) is 12.2 Å². The first-order valence-corrected chi connectivity index (χ1v) is 9.20. The Kier molecular flexibility index (Phi) is 4.92. The zero-order valence-corrected chi connectivity index (χ0v) is 16.0. The van der Waals surface area contributed by atoms with E-state index in [1.54, 1.807) is 19.1 Å². The van der Waals surface area contributed by atoms with Gasteiger partial charge in [0.05, 0.1) is 28.5 Å². The minimum atomic E-state index is -0.377. The topological polar surface area (TPSA) is 96.6 Å². The Morgan fingerprint density at radius 3 is 2.86 bits per heavy atom. The molecule has 0 aliphatic carbocycles. The molecule has 0 radical (unpaired) electrons. The largest absolute Gasteiger partial charge is 0.466 e. The van der Waals surface area contributed by atoms with Crippen LogP contribution in [0, 0.1) is 0 Å². The summed E-state index contributed by atoms with van der Waals surface area (Å²) in [7, 11) is 0. The molecule has 28 heavy (non-hydrogen) atoms. The molecule has 144 valence electrons. The third-order valence-electron chi connectivity index (χ3n) is 4.39. The van der Waals surface area contributed by atoms with E-state index in [1.165, 1.54) is 0 Å². The van der Waals surface area contributed by atoms with Crippen molar-refractivity contribution in [3.8, 4) is 11.5 Å². The highest BCUT2D eigenvalue weighted by atomic mass is 35.5.